The number of ether oxygens (including phenoxy) is 1. The third-order valence-corrected chi connectivity index (χ3v) is 33.5. The normalized spacial score (nSPS) is 12.2. The molecule has 0 spiro atoms. The first-order chi connectivity index (χ1) is 69.8. The Hall–Kier alpha value is -16.9. The van der Waals surface area contributed by atoms with Crippen LogP contribution in [-0.4, -0.2) is 97.2 Å². The van der Waals surface area contributed by atoms with Gasteiger partial charge in [0.15, 0.2) is 0 Å². The number of aromatic nitrogens is 8. The van der Waals surface area contributed by atoms with Crippen LogP contribution in [-0.2, 0) is 18.3 Å². The second kappa shape index (κ2) is 35.3. The van der Waals surface area contributed by atoms with Crippen LogP contribution in [0, 0.1) is 34.0 Å². The molecule has 0 atom stereocenters. The number of hydrogen-bond donors (Lipinski definition) is 0. The molecule has 26 aromatic rings. The standard InChI is InChI=1S/C38H26N3OP.C28H20F3N2O2P.2C28H20N3OP/c1-43(2,42)31-16-13-26-11-12-27(19-30(26)20-31)29-14-17-33-32-5-3-4-6-34(32)38-40-35-18-15-28(22-37(35)41(38)36(33)21-29)25-9-7-24(23-39)8-10-25;1-36(2,34)20-12-14-25-23(16-20)21-5-3-4-6-22(21)27-32-24-13-9-18(15-26(24)33(25)27)17-7-10-19(11-8-17)35-28(29,30)31;1-33(2,32)27-16-23-20-7-3-4-8-21(20)28-30-24-9-5-6-10-25(24)31(28)26(23)15-22(27)19-13-11-18(17-29)12-14-19;1-33(2,32)21-12-14-26-24(16-21)22-5-3-4-6-23(22)28-30-25-13-11-20(15-27(25)31(26)28)19-9-7-18(17-29)8-10-19/h3-22H,1-2H3;3-16H,1-2H3;2*3-16H,1-2H3. The lowest BCUT2D eigenvalue weighted by atomic mass is 9.98. The molecule has 26 rings (SSSR count). The van der Waals surface area contributed by atoms with Gasteiger partial charge in [0, 0.05) is 64.3 Å². The fourth-order valence-corrected chi connectivity index (χ4v) is 24.1. The van der Waals surface area contributed by atoms with Crippen molar-refractivity contribution >= 4 is 214 Å². The maximum atomic E-state index is 13.5. The van der Waals surface area contributed by atoms with E-state index < -0.39 is 34.9 Å². The smallest absolute Gasteiger partial charge is 0.406 e. The molecule has 0 aliphatic heterocycles. The van der Waals surface area contributed by atoms with Crippen LogP contribution in [0.1, 0.15) is 16.7 Å². The Balaban J connectivity index is 0.000000108. The van der Waals surface area contributed by atoms with Gasteiger partial charge in [0.2, 0.25) is 0 Å². The van der Waals surface area contributed by atoms with E-state index >= 15 is 0 Å². The molecule has 0 saturated carbocycles. The third kappa shape index (κ3) is 16.7. The van der Waals surface area contributed by atoms with Gasteiger partial charge in [-0.2, -0.15) is 15.8 Å². The van der Waals surface area contributed by atoms with E-state index in [0.717, 1.165) is 236 Å². The molecule has 145 heavy (non-hydrogen) atoms. The van der Waals surface area contributed by atoms with Crippen molar-refractivity contribution in [2.45, 2.75) is 6.36 Å². The molecule has 16 nitrogen and oxygen atoms in total. The van der Waals surface area contributed by atoms with Crippen molar-refractivity contribution in [3.05, 3.63) is 393 Å². The minimum absolute atomic E-state index is 0.264. The molecule has 0 bridgehead atoms. The lowest BCUT2D eigenvalue weighted by Crippen LogP contribution is -2.16. The Kier molecular flexibility index (Phi) is 22.4. The summed E-state index contributed by atoms with van der Waals surface area (Å²) in [5.74, 6) is -0.264. The minimum Gasteiger partial charge on any atom is -0.406 e. The lowest BCUT2D eigenvalue weighted by Gasteiger charge is -2.18. The largest absolute Gasteiger partial charge is 0.573 e. The van der Waals surface area contributed by atoms with E-state index in [0.29, 0.717) is 16.7 Å². The highest BCUT2D eigenvalue weighted by molar-refractivity contribution is 7.71. The first kappa shape index (κ1) is 91.8. The second-order valence-electron chi connectivity index (χ2n) is 38.2. The molecule has 8 aromatic heterocycles. The number of benzene rings is 18. The van der Waals surface area contributed by atoms with Crippen molar-refractivity contribution < 1.29 is 36.2 Å². The maximum Gasteiger partial charge on any atom is 0.573 e. The molecular weight excluding hydrogens is 1880 g/mol. The van der Waals surface area contributed by atoms with E-state index in [2.05, 4.69) is 204 Å². The molecule has 18 aromatic carbocycles. The van der Waals surface area contributed by atoms with Gasteiger partial charge in [-0.1, -0.05) is 212 Å². The molecule has 0 N–H and O–H groups in total. The van der Waals surface area contributed by atoms with Gasteiger partial charge < -0.3 is 23.0 Å². The zero-order chi connectivity index (χ0) is 100. The Morgan fingerprint density at radius 3 is 0.979 bits per heavy atom. The van der Waals surface area contributed by atoms with Crippen molar-refractivity contribution in [1.29, 1.82) is 15.8 Å². The van der Waals surface area contributed by atoms with E-state index in [1.54, 1.807) is 25.5 Å². The quantitative estimate of drug-likeness (QED) is 0.0922. The lowest BCUT2D eigenvalue weighted by molar-refractivity contribution is -0.274. The predicted molar refractivity (Wildman–Crippen MR) is 593 cm³/mol. The van der Waals surface area contributed by atoms with Crippen LogP contribution in [0.4, 0.5) is 13.2 Å². The molecule has 8 heterocycles. The Morgan fingerprint density at radius 1 is 0.248 bits per heavy atom. The summed E-state index contributed by atoms with van der Waals surface area (Å²) in [7, 11) is -9.83. The highest BCUT2D eigenvalue weighted by Gasteiger charge is 2.32. The molecule has 23 heteroatoms. The summed E-state index contributed by atoms with van der Waals surface area (Å²) in [4.78, 5) is 20.0. The number of halogens is 3. The van der Waals surface area contributed by atoms with E-state index in [9.17, 15) is 42.0 Å². The maximum absolute atomic E-state index is 13.5. The summed E-state index contributed by atoms with van der Waals surface area (Å²) >= 11 is 0. The number of fused-ring (bicyclic) bond motifs is 33. The van der Waals surface area contributed by atoms with Gasteiger partial charge in [-0.05, 0) is 305 Å². The summed E-state index contributed by atoms with van der Waals surface area (Å²) in [5.41, 5.74) is 27.0. The molecule has 0 fully saturated rings. The van der Waals surface area contributed by atoms with Crippen LogP contribution in [0.3, 0.4) is 0 Å². The van der Waals surface area contributed by atoms with E-state index in [-0.39, 0.29) is 5.75 Å². The van der Waals surface area contributed by atoms with Gasteiger partial charge >= 0.3 is 6.36 Å². The molecule has 0 saturated heterocycles. The molecule has 0 radical (unpaired) electrons. The highest BCUT2D eigenvalue weighted by Crippen LogP contribution is 2.48. The summed E-state index contributed by atoms with van der Waals surface area (Å²) < 4.78 is 102. The molecule has 700 valence electrons. The highest BCUT2D eigenvalue weighted by atomic mass is 31.2. The number of pyridine rings is 4. The van der Waals surface area contributed by atoms with Gasteiger partial charge in [0.05, 0.1) is 101 Å². The van der Waals surface area contributed by atoms with Crippen LogP contribution < -0.4 is 26.0 Å². The third-order valence-electron chi connectivity index (χ3n) is 27.4. The average Bonchev–Trinajstić information content (AvgIpc) is 1.61. The number of hydrogen-bond acceptors (Lipinski definition) is 12. The molecule has 0 amide bonds. The monoisotopic (exact) mass is 1970 g/mol. The number of nitrogens with zero attached hydrogens (tertiary/aromatic N) is 11. The Labute approximate surface area is 829 Å². The SMILES string of the molecule is CP(C)(=O)c1cc2c3ccccc3c3nc4ccccc4n3c2cc1-c1ccc(C#N)cc1.CP(C)(=O)c1ccc2c(c1)c1ccccc1c1nc3ccc(-c4ccc(C#N)cc4)cc3n21.CP(C)(=O)c1ccc2c(c1)c1ccccc1c1nc3ccc(-c4ccc(OC(F)(F)F)cc4)cc3n21.CP(C)(=O)c1ccc2ccc(-c3ccc4c5ccccc5c5nc6ccc(-c7ccc(C#N)cc7)cc6n5c4c3)cc2c1. The Bertz CT molecular complexity index is 10300. The summed E-state index contributed by atoms with van der Waals surface area (Å²) in [5, 5.41) is 46.1. The van der Waals surface area contributed by atoms with Crippen LogP contribution in [0.15, 0.2) is 376 Å². The molecule has 0 aliphatic carbocycles. The summed E-state index contributed by atoms with van der Waals surface area (Å²) in [6.45, 7) is 14.4. The van der Waals surface area contributed by atoms with Crippen molar-refractivity contribution in [1.82, 2.24) is 37.5 Å². The molecular formula is C122H86F3N11O5P4. The summed E-state index contributed by atoms with van der Waals surface area (Å²) in [6.07, 6.45) is -4.73. The van der Waals surface area contributed by atoms with Crippen LogP contribution in [0.2, 0.25) is 0 Å². The predicted octanol–water partition coefficient (Wildman–Crippen LogP) is 30.2. The molecule has 0 aliphatic rings. The second-order valence-corrected chi connectivity index (χ2v) is 51.0. The number of rotatable bonds is 10. The van der Waals surface area contributed by atoms with E-state index in [1.165, 1.54) is 17.5 Å². The summed E-state index contributed by atoms with van der Waals surface area (Å²) in [6, 6.07) is 130. The first-order valence-corrected chi connectivity index (χ1v) is 57.5. The average molecular weight is 1970 g/mol. The van der Waals surface area contributed by atoms with Gasteiger partial charge in [0.1, 0.15) is 56.9 Å². The van der Waals surface area contributed by atoms with Crippen LogP contribution in [0.5, 0.6) is 5.75 Å². The van der Waals surface area contributed by atoms with E-state index in [1.807, 2.05) is 228 Å². The zero-order valence-electron chi connectivity index (χ0n) is 79.7. The van der Waals surface area contributed by atoms with Crippen LogP contribution in [0.25, 0.3) is 220 Å². The first-order valence-electron chi connectivity index (χ1n) is 47.1. The fraction of sp³-hybridized carbons (Fsp3) is 0.0738. The molecule has 0 unspecified atom stereocenters. The van der Waals surface area contributed by atoms with E-state index in [4.69, 9.17) is 25.2 Å². The van der Waals surface area contributed by atoms with Crippen molar-refractivity contribution in [3.8, 4) is 79.6 Å². The van der Waals surface area contributed by atoms with Crippen molar-refractivity contribution in [3.63, 3.8) is 0 Å². The fourth-order valence-electron chi connectivity index (χ4n) is 20.3. The van der Waals surface area contributed by atoms with Gasteiger partial charge in [-0.25, -0.2) is 19.9 Å². The number of imidazole rings is 4. The number of para-hydroxylation sites is 2. The number of alkyl halides is 3. The van der Waals surface area contributed by atoms with Gasteiger partial charge in [-0.3, -0.25) is 17.6 Å². The van der Waals surface area contributed by atoms with Gasteiger partial charge in [0.25, 0.3) is 0 Å². The van der Waals surface area contributed by atoms with Crippen molar-refractivity contribution in [2.24, 2.45) is 0 Å². The Morgan fingerprint density at radius 2 is 0.559 bits per heavy atom. The van der Waals surface area contributed by atoms with Gasteiger partial charge in [-0.15, -0.1) is 13.2 Å². The number of nitriles is 3. The van der Waals surface area contributed by atoms with Crippen LogP contribution >= 0.6 is 28.6 Å². The van der Waals surface area contributed by atoms with Crippen molar-refractivity contribution in [2.75, 3.05) is 53.3 Å². The minimum atomic E-state index is -4.73. The zero-order valence-corrected chi connectivity index (χ0v) is 83.3. The topological polar surface area (TPSA) is 218 Å².